The molecule has 1 atom stereocenters. The molecule has 0 aromatic heterocycles. The van der Waals surface area contributed by atoms with Gasteiger partial charge in [-0.05, 0) is 42.8 Å². The smallest absolute Gasteiger partial charge is 0.339 e. The van der Waals surface area contributed by atoms with Gasteiger partial charge in [-0.2, -0.15) is 5.26 Å². The first-order chi connectivity index (χ1) is 14.8. The van der Waals surface area contributed by atoms with Crippen molar-refractivity contribution in [3.63, 3.8) is 0 Å². The van der Waals surface area contributed by atoms with Gasteiger partial charge >= 0.3 is 5.97 Å². The summed E-state index contributed by atoms with van der Waals surface area (Å²) in [6.07, 6.45) is -0.970. The molecule has 3 aromatic rings. The molecular formula is C23H19ClN2O4S. The number of nitrogens with zero attached hydrogens (tertiary/aromatic N) is 2. The number of carbonyl (C=O) groups excluding carboxylic acids is 1. The Morgan fingerprint density at radius 3 is 2.29 bits per heavy atom. The number of halogens is 1. The fourth-order valence-corrected chi connectivity index (χ4v) is 4.82. The summed E-state index contributed by atoms with van der Waals surface area (Å²) in [6.45, 7) is 1.49. The van der Waals surface area contributed by atoms with Crippen LogP contribution in [0.25, 0.3) is 0 Å². The maximum absolute atomic E-state index is 13.6. The Morgan fingerprint density at radius 2 is 1.68 bits per heavy atom. The number of esters is 1. The molecule has 0 aliphatic carbocycles. The van der Waals surface area contributed by atoms with Gasteiger partial charge in [0.05, 0.1) is 22.8 Å². The van der Waals surface area contributed by atoms with E-state index in [0.717, 1.165) is 5.56 Å². The van der Waals surface area contributed by atoms with Crippen LogP contribution in [0.1, 0.15) is 22.8 Å². The van der Waals surface area contributed by atoms with Crippen LogP contribution in [0, 0.1) is 11.3 Å². The highest BCUT2D eigenvalue weighted by Gasteiger charge is 2.29. The maximum atomic E-state index is 13.6. The predicted octanol–water partition coefficient (Wildman–Crippen LogP) is 4.80. The summed E-state index contributed by atoms with van der Waals surface area (Å²) >= 11 is 6.24. The minimum absolute atomic E-state index is 0.0159. The summed E-state index contributed by atoms with van der Waals surface area (Å²) < 4.78 is 33.5. The fraction of sp³-hybridized carbons (Fsp3) is 0.130. The van der Waals surface area contributed by atoms with Crippen LogP contribution in [0.15, 0.2) is 83.8 Å². The molecule has 0 N–H and O–H groups in total. The zero-order chi connectivity index (χ0) is 22.4. The second-order valence-electron chi connectivity index (χ2n) is 6.65. The summed E-state index contributed by atoms with van der Waals surface area (Å²) in [5.41, 5.74) is 1.22. The normalized spacial score (nSPS) is 11.9. The molecule has 0 fully saturated rings. The number of sulfonamides is 1. The predicted molar refractivity (Wildman–Crippen MR) is 118 cm³/mol. The summed E-state index contributed by atoms with van der Waals surface area (Å²) in [4.78, 5) is 12.1. The zero-order valence-corrected chi connectivity index (χ0v) is 18.2. The molecule has 0 spiro atoms. The number of carbonyl (C=O) groups is 1. The van der Waals surface area contributed by atoms with Gasteiger partial charge in [-0.3, -0.25) is 4.31 Å². The Morgan fingerprint density at radius 1 is 1.06 bits per heavy atom. The van der Waals surface area contributed by atoms with Crippen molar-refractivity contribution in [1.82, 2.24) is 0 Å². The summed E-state index contributed by atoms with van der Waals surface area (Å²) in [5.74, 6) is -0.809. The lowest BCUT2D eigenvalue weighted by Gasteiger charge is -2.25. The van der Waals surface area contributed by atoms with Crippen molar-refractivity contribution in [2.75, 3.05) is 4.31 Å². The highest BCUT2D eigenvalue weighted by atomic mass is 35.5. The highest BCUT2D eigenvalue weighted by Crippen LogP contribution is 2.31. The van der Waals surface area contributed by atoms with E-state index < -0.39 is 22.1 Å². The lowest BCUT2D eigenvalue weighted by atomic mass is 10.2. The van der Waals surface area contributed by atoms with Crippen LogP contribution >= 0.6 is 11.6 Å². The second-order valence-corrected chi connectivity index (χ2v) is 8.89. The largest absolute Gasteiger partial charge is 0.444 e. The Labute approximate surface area is 186 Å². The minimum Gasteiger partial charge on any atom is -0.444 e. The molecule has 3 aromatic carbocycles. The number of nitriles is 1. The van der Waals surface area contributed by atoms with E-state index in [1.54, 1.807) is 36.4 Å². The van der Waals surface area contributed by atoms with Crippen molar-refractivity contribution >= 4 is 33.3 Å². The van der Waals surface area contributed by atoms with Crippen LogP contribution in [0.4, 0.5) is 5.69 Å². The molecular weight excluding hydrogens is 436 g/mol. The quantitative estimate of drug-likeness (QED) is 0.478. The second kappa shape index (κ2) is 9.65. The number of ether oxygens (including phenoxy) is 1. The number of anilines is 1. The van der Waals surface area contributed by atoms with Gasteiger partial charge in [0, 0.05) is 0 Å². The van der Waals surface area contributed by atoms with Gasteiger partial charge in [-0.15, -0.1) is 0 Å². The Kier molecular flexibility index (Phi) is 6.95. The molecule has 6 nitrogen and oxygen atoms in total. The van der Waals surface area contributed by atoms with Crippen LogP contribution < -0.4 is 4.31 Å². The Bertz CT molecular complexity index is 1210. The molecule has 8 heteroatoms. The topological polar surface area (TPSA) is 87.5 Å². The molecule has 0 amide bonds. The van der Waals surface area contributed by atoms with Crippen LogP contribution in [0.2, 0.25) is 5.02 Å². The fourth-order valence-electron chi connectivity index (χ4n) is 2.86. The van der Waals surface area contributed by atoms with E-state index >= 15 is 0 Å². The van der Waals surface area contributed by atoms with Gasteiger partial charge < -0.3 is 4.74 Å². The molecule has 0 radical (unpaired) electrons. The molecule has 31 heavy (non-hydrogen) atoms. The molecule has 158 valence electrons. The first kappa shape index (κ1) is 22.3. The number of hydrogen-bond donors (Lipinski definition) is 0. The lowest BCUT2D eigenvalue weighted by Crippen LogP contribution is -2.31. The zero-order valence-electron chi connectivity index (χ0n) is 16.6. The summed E-state index contributed by atoms with van der Waals surface area (Å²) in [6, 6.07) is 23.4. The molecule has 0 saturated heterocycles. The van der Waals surface area contributed by atoms with E-state index in [1.807, 2.05) is 30.3 Å². The molecule has 0 unspecified atom stereocenters. The van der Waals surface area contributed by atoms with E-state index in [4.69, 9.17) is 21.6 Å². The third kappa shape index (κ3) is 5.23. The van der Waals surface area contributed by atoms with Crippen molar-refractivity contribution < 1.29 is 17.9 Å². The van der Waals surface area contributed by atoms with Crippen LogP contribution in [0.3, 0.4) is 0 Å². The molecule has 0 aliphatic heterocycles. The minimum atomic E-state index is -4.14. The first-order valence-electron chi connectivity index (χ1n) is 9.35. The average Bonchev–Trinajstić information content (AvgIpc) is 2.78. The van der Waals surface area contributed by atoms with Crippen molar-refractivity contribution in [3.8, 4) is 6.07 Å². The van der Waals surface area contributed by atoms with E-state index in [9.17, 15) is 13.2 Å². The standard InChI is InChI=1S/C23H19ClN2O4S/c1-17(15-25)30-23(27)19-12-13-21(24)22(14-19)31(28,29)26(20-10-6-3-7-11-20)16-18-8-4-2-5-9-18/h2-14,17H,16H2,1H3/t17-/m0/s1. The first-order valence-corrected chi connectivity index (χ1v) is 11.2. The van der Waals surface area contributed by atoms with Crippen LogP contribution in [0.5, 0.6) is 0 Å². The van der Waals surface area contributed by atoms with Gasteiger partial charge in [-0.25, -0.2) is 13.2 Å². The van der Waals surface area contributed by atoms with Gasteiger partial charge in [0.15, 0.2) is 6.10 Å². The Balaban J connectivity index is 2.06. The molecule has 0 saturated carbocycles. The number of hydrogen-bond acceptors (Lipinski definition) is 5. The SMILES string of the molecule is C[C@@H](C#N)OC(=O)c1ccc(Cl)c(S(=O)(=O)N(Cc2ccccc2)c2ccccc2)c1. The molecule has 0 aliphatic rings. The number of para-hydroxylation sites is 1. The van der Waals surface area contributed by atoms with Crippen molar-refractivity contribution in [3.05, 3.63) is 95.0 Å². The number of benzene rings is 3. The van der Waals surface area contributed by atoms with Crippen LogP contribution in [-0.2, 0) is 21.3 Å². The van der Waals surface area contributed by atoms with E-state index in [2.05, 4.69) is 0 Å². The van der Waals surface area contributed by atoms with E-state index in [0.29, 0.717) is 5.69 Å². The van der Waals surface area contributed by atoms with Gasteiger partial charge in [0.25, 0.3) is 10.0 Å². The van der Waals surface area contributed by atoms with Crippen molar-refractivity contribution in [1.29, 1.82) is 5.26 Å². The maximum Gasteiger partial charge on any atom is 0.339 e. The van der Waals surface area contributed by atoms with Gasteiger partial charge in [0.2, 0.25) is 0 Å². The van der Waals surface area contributed by atoms with Crippen LogP contribution in [-0.4, -0.2) is 20.5 Å². The van der Waals surface area contributed by atoms with Crippen molar-refractivity contribution in [2.45, 2.75) is 24.5 Å². The lowest BCUT2D eigenvalue weighted by molar-refractivity contribution is 0.0435. The van der Waals surface area contributed by atoms with Gasteiger partial charge in [0.1, 0.15) is 11.0 Å². The van der Waals surface area contributed by atoms with E-state index in [-0.39, 0.29) is 22.0 Å². The molecule has 0 heterocycles. The summed E-state index contributed by atoms with van der Waals surface area (Å²) in [5, 5.41) is 8.82. The Hall–Kier alpha value is -3.34. The molecule has 0 bridgehead atoms. The van der Waals surface area contributed by atoms with E-state index in [1.165, 1.54) is 29.4 Å². The third-order valence-corrected chi connectivity index (χ3v) is 6.67. The third-order valence-electron chi connectivity index (χ3n) is 4.41. The van der Waals surface area contributed by atoms with Crippen molar-refractivity contribution in [2.24, 2.45) is 0 Å². The highest BCUT2D eigenvalue weighted by molar-refractivity contribution is 7.93. The monoisotopic (exact) mass is 454 g/mol. The number of rotatable bonds is 7. The average molecular weight is 455 g/mol. The molecule has 3 rings (SSSR count). The summed E-state index contributed by atoms with van der Waals surface area (Å²) in [7, 11) is -4.14. The van der Waals surface area contributed by atoms with Gasteiger partial charge in [-0.1, -0.05) is 60.1 Å².